The lowest BCUT2D eigenvalue weighted by Gasteiger charge is -2.05. The number of thiazole rings is 1. The van der Waals surface area contributed by atoms with E-state index >= 15 is 0 Å². The summed E-state index contributed by atoms with van der Waals surface area (Å²) in [6, 6.07) is 7.52. The van der Waals surface area contributed by atoms with Gasteiger partial charge in [0, 0.05) is 16.0 Å². The third kappa shape index (κ3) is 3.72. The van der Waals surface area contributed by atoms with Gasteiger partial charge >= 0.3 is 5.97 Å². The highest BCUT2D eigenvalue weighted by Crippen LogP contribution is 2.31. The topological polar surface area (TPSA) is 39.2 Å². The number of methoxy groups -OCH3 is 1. The van der Waals surface area contributed by atoms with Gasteiger partial charge in [0.15, 0.2) is 4.34 Å². The summed E-state index contributed by atoms with van der Waals surface area (Å²) in [7, 11) is 1.39. The van der Waals surface area contributed by atoms with E-state index in [0.29, 0.717) is 5.02 Å². The van der Waals surface area contributed by atoms with Crippen molar-refractivity contribution in [3.05, 3.63) is 34.7 Å². The number of hydrogen-bond donors (Lipinski definition) is 0. The van der Waals surface area contributed by atoms with E-state index in [4.69, 9.17) is 16.3 Å². The van der Waals surface area contributed by atoms with Crippen LogP contribution in [0.4, 0.5) is 0 Å². The van der Waals surface area contributed by atoms with Crippen LogP contribution in [0.1, 0.15) is 6.92 Å². The first-order chi connectivity index (χ1) is 9.10. The lowest BCUT2D eigenvalue weighted by atomic mass is 10.2. The SMILES string of the molecule is COC(=O)[C@@H](C)Sc1nc(-c2ccc(Cl)cc2)cs1. The molecular weight excluding hydrogens is 302 g/mol. The van der Waals surface area contributed by atoms with Crippen molar-refractivity contribution in [1.82, 2.24) is 4.98 Å². The number of esters is 1. The van der Waals surface area contributed by atoms with Gasteiger partial charge in [-0.3, -0.25) is 4.79 Å². The Morgan fingerprint density at radius 3 is 2.74 bits per heavy atom. The molecule has 19 heavy (non-hydrogen) atoms. The number of ether oxygens (including phenoxy) is 1. The third-order valence-corrected chi connectivity index (χ3v) is 4.74. The normalized spacial score (nSPS) is 12.2. The van der Waals surface area contributed by atoms with E-state index in [9.17, 15) is 4.79 Å². The van der Waals surface area contributed by atoms with Crippen LogP contribution in [0.15, 0.2) is 34.0 Å². The van der Waals surface area contributed by atoms with Gasteiger partial charge < -0.3 is 4.74 Å². The first-order valence-electron chi connectivity index (χ1n) is 5.56. The summed E-state index contributed by atoms with van der Waals surface area (Å²) in [5.74, 6) is -0.242. The van der Waals surface area contributed by atoms with Crippen LogP contribution in [0, 0.1) is 0 Å². The molecule has 0 aliphatic heterocycles. The van der Waals surface area contributed by atoms with Crippen LogP contribution in [0.3, 0.4) is 0 Å². The average molecular weight is 314 g/mol. The molecule has 0 N–H and O–H groups in total. The number of halogens is 1. The first-order valence-corrected chi connectivity index (χ1v) is 7.70. The van der Waals surface area contributed by atoms with E-state index in [0.717, 1.165) is 15.6 Å². The van der Waals surface area contributed by atoms with Crippen molar-refractivity contribution >= 4 is 40.7 Å². The van der Waals surface area contributed by atoms with Gasteiger partial charge in [0.05, 0.1) is 12.8 Å². The van der Waals surface area contributed by atoms with E-state index in [1.807, 2.05) is 29.6 Å². The molecule has 0 spiro atoms. The second kappa shape index (κ2) is 6.41. The number of thioether (sulfide) groups is 1. The minimum absolute atomic E-state index is 0.242. The molecule has 2 rings (SSSR count). The zero-order valence-corrected chi connectivity index (χ0v) is 12.8. The van der Waals surface area contributed by atoms with Crippen LogP contribution in [-0.4, -0.2) is 23.3 Å². The quantitative estimate of drug-likeness (QED) is 0.629. The van der Waals surface area contributed by atoms with Crippen LogP contribution >= 0.6 is 34.7 Å². The standard InChI is InChI=1S/C13H12ClNO2S2/c1-8(12(16)17-2)19-13-15-11(7-18-13)9-3-5-10(14)6-4-9/h3-8H,1-2H3/t8-/m1/s1. The van der Waals surface area contributed by atoms with Gasteiger partial charge in [-0.15, -0.1) is 11.3 Å². The minimum atomic E-state index is -0.255. The zero-order valence-electron chi connectivity index (χ0n) is 10.4. The molecule has 1 heterocycles. The molecule has 0 aliphatic rings. The first kappa shape index (κ1) is 14.4. The Labute approximate surface area is 125 Å². The van der Waals surface area contributed by atoms with E-state index in [-0.39, 0.29) is 11.2 Å². The molecule has 0 aliphatic carbocycles. The van der Waals surface area contributed by atoms with E-state index in [1.165, 1.54) is 30.2 Å². The Morgan fingerprint density at radius 2 is 2.11 bits per heavy atom. The molecule has 6 heteroatoms. The largest absolute Gasteiger partial charge is 0.468 e. The van der Waals surface area contributed by atoms with Crippen molar-refractivity contribution in [2.24, 2.45) is 0 Å². The van der Waals surface area contributed by atoms with Crippen LogP contribution in [0.2, 0.25) is 5.02 Å². The van der Waals surface area contributed by atoms with Gasteiger partial charge in [-0.1, -0.05) is 35.5 Å². The van der Waals surface area contributed by atoms with Crippen molar-refractivity contribution in [1.29, 1.82) is 0 Å². The second-order valence-electron chi connectivity index (χ2n) is 3.79. The lowest BCUT2D eigenvalue weighted by Crippen LogP contribution is -2.14. The minimum Gasteiger partial charge on any atom is -0.468 e. The Hall–Kier alpha value is -1.04. The van der Waals surface area contributed by atoms with Crippen molar-refractivity contribution in [2.45, 2.75) is 16.5 Å². The van der Waals surface area contributed by atoms with E-state index in [2.05, 4.69) is 4.98 Å². The lowest BCUT2D eigenvalue weighted by molar-refractivity contribution is -0.139. The summed E-state index contributed by atoms with van der Waals surface area (Å²) >= 11 is 8.77. The average Bonchev–Trinajstić information content (AvgIpc) is 2.87. The Balaban J connectivity index is 2.11. The Kier molecular flexibility index (Phi) is 4.85. The molecule has 1 aromatic heterocycles. The monoisotopic (exact) mass is 313 g/mol. The van der Waals surface area contributed by atoms with Crippen molar-refractivity contribution < 1.29 is 9.53 Å². The fraction of sp³-hybridized carbons (Fsp3) is 0.231. The predicted octanol–water partition coefficient (Wildman–Crippen LogP) is 4.12. The van der Waals surface area contributed by atoms with E-state index < -0.39 is 0 Å². The van der Waals surface area contributed by atoms with Crippen molar-refractivity contribution in [3.8, 4) is 11.3 Å². The number of hydrogen-bond acceptors (Lipinski definition) is 5. The number of benzene rings is 1. The van der Waals surface area contributed by atoms with Crippen LogP contribution in [-0.2, 0) is 9.53 Å². The molecule has 0 bridgehead atoms. The Bertz CT molecular complexity index is 568. The van der Waals surface area contributed by atoms with Crippen LogP contribution in [0.25, 0.3) is 11.3 Å². The maximum Gasteiger partial charge on any atom is 0.318 e. The molecule has 0 radical (unpaired) electrons. The van der Waals surface area contributed by atoms with E-state index in [1.54, 1.807) is 6.92 Å². The molecule has 0 amide bonds. The van der Waals surface area contributed by atoms with Gasteiger partial charge in [-0.25, -0.2) is 4.98 Å². The summed E-state index contributed by atoms with van der Waals surface area (Å²) in [5.41, 5.74) is 1.90. The highest BCUT2D eigenvalue weighted by molar-refractivity contribution is 8.02. The molecule has 0 fully saturated rings. The van der Waals surface area contributed by atoms with Crippen LogP contribution in [0.5, 0.6) is 0 Å². The highest BCUT2D eigenvalue weighted by atomic mass is 35.5. The molecule has 1 atom stereocenters. The summed E-state index contributed by atoms with van der Waals surface area (Å²) in [6.07, 6.45) is 0. The number of carbonyl (C=O) groups is 1. The number of nitrogens with zero attached hydrogens (tertiary/aromatic N) is 1. The van der Waals surface area contributed by atoms with Crippen molar-refractivity contribution in [3.63, 3.8) is 0 Å². The molecule has 0 saturated heterocycles. The van der Waals surface area contributed by atoms with Crippen molar-refractivity contribution in [2.75, 3.05) is 7.11 Å². The number of rotatable bonds is 4. The van der Waals surface area contributed by atoms with Gasteiger partial charge in [-0.2, -0.15) is 0 Å². The maximum absolute atomic E-state index is 11.3. The second-order valence-corrected chi connectivity index (χ2v) is 6.67. The zero-order chi connectivity index (χ0) is 13.8. The number of carbonyl (C=O) groups excluding carboxylic acids is 1. The molecule has 0 unspecified atom stereocenters. The molecular formula is C13H12ClNO2S2. The number of aromatic nitrogens is 1. The molecule has 2 aromatic rings. The smallest absolute Gasteiger partial charge is 0.318 e. The third-order valence-electron chi connectivity index (χ3n) is 2.43. The fourth-order valence-electron chi connectivity index (χ4n) is 1.43. The van der Waals surface area contributed by atoms with Crippen LogP contribution < -0.4 is 0 Å². The molecule has 1 aromatic carbocycles. The fourth-order valence-corrected chi connectivity index (χ4v) is 3.55. The summed E-state index contributed by atoms with van der Waals surface area (Å²) in [6.45, 7) is 1.81. The summed E-state index contributed by atoms with van der Waals surface area (Å²) in [5, 5.41) is 2.41. The van der Waals surface area contributed by atoms with Gasteiger partial charge in [0.1, 0.15) is 5.25 Å². The highest BCUT2D eigenvalue weighted by Gasteiger charge is 2.16. The molecule has 100 valence electrons. The molecule has 3 nitrogen and oxygen atoms in total. The summed E-state index contributed by atoms with van der Waals surface area (Å²) in [4.78, 5) is 15.8. The summed E-state index contributed by atoms with van der Waals surface area (Å²) < 4.78 is 5.54. The van der Waals surface area contributed by atoms with Gasteiger partial charge in [0.2, 0.25) is 0 Å². The molecule has 0 saturated carbocycles. The Morgan fingerprint density at radius 1 is 1.42 bits per heavy atom. The van der Waals surface area contributed by atoms with Gasteiger partial charge in [-0.05, 0) is 19.1 Å². The van der Waals surface area contributed by atoms with Gasteiger partial charge in [0.25, 0.3) is 0 Å². The maximum atomic E-state index is 11.3. The predicted molar refractivity (Wildman–Crippen MR) is 79.9 cm³/mol.